The molecular weight excluding hydrogens is 293 g/mol. The molecule has 108 valence electrons. The van der Waals surface area contributed by atoms with E-state index >= 15 is 0 Å². The smallest absolute Gasteiger partial charge is 0.214 e. The van der Waals surface area contributed by atoms with E-state index in [4.69, 9.17) is 16.3 Å². The van der Waals surface area contributed by atoms with Gasteiger partial charge in [-0.3, -0.25) is 0 Å². The lowest BCUT2D eigenvalue weighted by Crippen LogP contribution is -2.33. The largest absolute Gasteiger partial charge is 0.492 e. The van der Waals surface area contributed by atoms with Gasteiger partial charge in [0.2, 0.25) is 10.0 Å². The number of hydrogen-bond donors (Lipinski definition) is 0. The van der Waals surface area contributed by atoms with Gasteiger partial charge in [-0.15, -0.1) is 11.6 Å². The van der Waals surface area contributed by atoms with Crippen LogP contribution >= 0.6 is 11.6 Å². The molecule has 0 saturated carbocycles. The molecule has 0 amide bonds. The summed E-state index contributed by atoms with van der Waals surface area (Å²) in [6.07, 6.45) is 0.416. The molecule has 0 aliphatic rings. The molecule has 0 heterocycles. The number of sulfonamides is 1. The highest BCUT2D eigenvalue weighted by Gasteiger charge is 2.16. The first-order chi connectivity index (χ1) is 8.95. The number of nitrogens with zero attached hydrogens (tertiary/aromatic N) is 1. The van der Waals surface area contributed by atoms with Gasteiger partial charge in [-0.1, -0.05) is 6.07 Å². The fraction of sp³-hybridized carbons (Fsp3) is 0.500. The van der Waals surface area contributed by atoms with Crippen molar-refractivity contribution in [1.29, 1.82) is 0 Å². The van der Waals surface area contributed by atoms with Crippen LogP contribution in [0, 0.1) is 5.82 Å². The Morgan fingerprint density at radius 1 is 1.42 bits per heavy atom. The van der Waals surface area contributed by atoms with Crippen LogP contribution in [0.2, 0.25) is 0 Å². The van der Waals surface area contributed by atoms with E-state index in [1.807, 2.05) is 0 Å². The number of ether oxygens (including phenoxy) is 1. The Morgan fingerprint density at radius 2 is 2.16 bits per heavy atom. The number of likely N-dealkylation sites (N-methyl/N-ethyl adjacent to an activating group) is 1. The van der Waals surface area contributed by atoms with Crippen molar-refractivity contribution in [2.45, 2.75) is 6.42 Å². The Kier molecular flexibility index (Phi) is 6.54. The van der Waals surface area contributed by atoms with Gasteiger partial charge in [0.15, 0.2) is 0 Å². The number of rotatable bonds is 8. The molecule has 1 aromatic rings. The van der Waals surface area contributed by atoms with Crippen LogP contribution in [0.15, 0.2) is 24.3 Å². The van der Waals surface area contributed by atoms with Gasteiger partial charge in [-0.2, -0.15) is 0 Å². The lowest BCUT2D eigenvalue weighted by molar-refractivity contribution is 0.285. The normalized spacial score (nSPS) is 11.8. The minimum Gasteiger partial charge on any atom is -0.492 e. The Labute approximate surface area is 118 Å². The third kappa shape index (κ3) is 5.76. The molecule has 0 atom stereocenters. The minimum absolute atomic E-state index is 0.0208. The minimum atomic E-state index is -3.29. The molecule has 0 unspecified atom stereocenters. The molecule has 19 heavy (non-hydrogen) atoms. The maximum absolute atomic E-state index is 12.9. The van der Waals surface area contributed by atoms with Crippen LogP contribution in [0.4, 0.5) is 4.39 Å². The van der Waals surface area contributed by atoms with Gasteiger partial charge in [0.25, 0.3) is 0 Å². The topological polar surface area (TPSA) is 46.6 Å². The van der Waals surface area contributed by atoms with Gasteiger partial charge in [-0.05, 0) is 18.6 Å². The highest BCUT2D eigenvalue weighted by atomic mass is 35.5. The van der Waals surface area contributed by atoms with E-state index in [2.05, 4.69) is 0 Å². The van der Waals surface area contributed by atoms with Crippen LogP contribution in [0.5, 0.6) is 5.75 Å². The predicted octanol–water partition coefficient (Wildman–Crippen LogP) is 2.09. The summed E-state index contributed by atoms with van der Waals surface area (Å²) in [5, 5.41) is 0. The van der Waals surface area contributed by atoms with Gasteiger partial charge in [0.1, 0.15) is 18.2 Å². The molecule has 1 aromatic carbocycles. The fourth-order valence-electron chi connectivity index (χ4n) is 1.38. The van der Waals surface area contributed by atoms with Crippen molar-refractivity contribution < 1.29 is 17.5 Å². The Morgan fingerprint density at radius 3 is 2.79 bits per heavy atom. The van der Waals surface area contributed by atoms with E-state index in [0.29, 0.717) is 18.1 Å². The molecule has 0 fully saturated rings. The van der Waals surface area contributed by atoms with Gasteiger partial charge >= 0.3 is 0 Å². The zero-order valence-corrected chi connectivity index (χ0v) is 12.3. The van der Waals surface area contributed by atoms with Gasteiger partial charge in [0.05, 0.1) is 5.75 Å². The molecule has 0 bridgehead atoms. The average Bonchev–Trinajstić information content (AvgIpc) is 2.36. The summed E-state index contributed by atoms with van der Waals surface area (Å²) in [6.45, 7) is 0.376. The molecule has 7 heteroatoms. The summed E-state index contributed by atoms with van der Waals surface area (Å²) < 4.78 is 42.9. The van der Waals surface area contributed by atoms with Crippen LogP contribution in [0.25, 0.3) is 0 Å². The standard InChI is InChI=1S/C12H17ClFNO3S/c1-15(19(16,17)9-3-6-13)7-8-18-12-5-2-4-11(14)10-12/h2,4-5,10H,3,6-9H2,1H3. The molecule has 4 nitrogen and oxygen atoms in total. The molecule has 0 saturated heterocycles. The molecule has 0 spiro atoms. The monoisotopic (exact) mass is 309 g/mol. The Hall–Kier alpha value is -0.850. The maximum Gasteiger partial charge on any atom is 0.214 e. The third-order valence-electron chi connectivity index (χ3n) is 2.48. The average molecular weight is 310 g/mol. The van der Waals surface area contributed by atoms with Crippen LogP contribution in [0.3, 0.4) is 0 Å². The zero-order chi connectivity index (χ0) is 14.3. The fourth-order valence-corrected chi connectivity index (χ4v) is 2.85. The van der Waals surface area contributed by atoms with Gasteiger partial charge < -0.3 is 4.74 Å². The van der Waals surface area contributed by atoms with Crippen molar-refractivity contribution in [3.8, 4) is 5.75 Å². The first-order valence-corrected chi connectivity index (χ1v) is 7.98. The summed E-state index contributed by atoms with van der Waals surface area (Å²) in [6, 6.07) is 5.72. The number of halogens is 2. The molecular formula is C12H17ClFNO3S. The molecule has 0 N–H and O–H groups in total. The van der Waals surface area contributed by atoms with Crippen molar-refractivity contribution in [3.05, 3.63) is 30.1 Å². The second kappa shape index (κ2) is 7.67. The van der Waals surface area contributed by atoms with Crippen LogP contribution in [0.1, 0.15) is 6.42 Å². The second-order valence-corrected chi connectivity index (χ2v) is 6.56. The van der Waals surface area contributed by atoms with Crippen LogP contribution in [-0.2, 0) is 10.0 Å². The molecule has 0 aromatic heterocycles. The van der Waals surface area contributed by atoms with Crippen molar-refractivity contribution >= 4 is 21.6 Å². The molecule has 0 aliphatic carbocycles. The van der Waals surface area contributed by atoms with E-state index < -0.39 is 10.0 Å². The van der Waals surface area contributed by atoms with E-state index in [1.54, 1.807) is 6.07 Å². The number of hydrogen-bond acceptors (Lipinski definition) is 3. The lowest BCUT2D eigenvalue weighted by Gasteiger charge is -2.17. The highest BCUT2D eigenvalue weighted by Crippen LogP contribution is 2.12. The summed E-state index contributed by atoms with van der Waals surface area (Å²) >= 11 is 5.47. The third-order valence-corrected chi connectivity index (χ3v) is 4.69. The summed E-state index contributed by atoms with van der Waals surface area (Å²) in [5.41, 5.74) is 0. The first kappa shape index (κ1) is 16.2. The van der Waals surface area contributed by atoms with Crippen molar-refractivity contribution in [2.75, 3.05) is 31.8 Å². The Balaban J connectivity index is 2.40. The highest BCUT2D eigenvalue weighted by molar-refractivity contribution is 7.89. The molecule has 0 radical (unpaired) electrons. The van der Waals surface area contributed by atoms with Crippen molar-refractivity contribution in [3.63, 3.8) is 0 Å². The van der Waals surface area contributed by atoms with Crippen LogP contribution < -0.4 is 4.74 Å². The summed E-state index contributed by atoms with van der Waals surface area (Å²) in [7, 11) is -1.81. The lowest BCUT2D eigenvalue weighted by atomic mass is 10.3. The van der Waals surface area contributed by atoms with Crippen molar-refractivity contribution in [1.82, 2.24) is 4.31 Å². The van der Waals surface area contributed by atoms with E-state index in [1.165, 1.54) is 29.6 Å². The summed E-state index contributed by atoms with van der Waals surface area (Å²) in [5.74, 6) is 0.326. The van der Waals surface area contributed by atoms with E-state index in [-0.39, 0.29) is 24.7 Å². The van der Waals surface area contributed by atoms with Crippen LogP contribution in [-0.4, -0.2) is 44.6 Å². The molecule has 1 rings (SSSR count). The maximum atomic E-state index is 12.9. The summed E-state index contributed by atoms with van der Waals surface area (Å²) in [4.78, 5) is 0. The van der Waals surface area contributed by atoms with E-state index in [9.17, 15) is 12.8 Å². The SMILES string of the molecule is CN(CCOc1cccc(F)c1)S(=O)(=O)CCCCl. The van der Waals surface area contributed by atoms with Gasteiger partial charge in [-0.25, -0.2) is 17.1 Å². The van der Waals surface area contributed by atoms with E-state index in [0.717, 1.165) is 0 Å². The Bertz CT molecular complexity index is 496. The quantitative estimate of drug-likeness (QED) is 0.691. The second-order valence-electron chi connectivity index (χ2n) is 3.99. The number of alkyl halides is 1. The van der Waals surface area contributed by atoms with Gasteiger partial charge in [0, 0.05) is 25.5 Å². The molecule has 0 aliphatic heterocycles. The van der Waals surface area contributed by atoms with Crippen molar-refractivity contribution in [2.24, 2.45) is 0 Å². The predicted molar refractivity (Wildman–Crippen MR) is 73.6 cm³/mol. The first-order valence-electron chi connectivity index (χ1n) is 5.84. The number of benzene rings is 1. The zero-order valence-electron chi connectivity index (χ0n) is 10.7.